The molecule has 0 spiro atoms. The van der Waals surface area contributed by atoms with Gasteiger partial charge < -0.3 is 4.74 Å². The van der Waals surface area contributed by atoms with Gasteiger partial charge in [-0.3, -0.25) is 0 Å². The van der Waals surface area contributed by atoms with Crippen LogP contribution < -0.4 is 0 Å². The lowest BCUT2D eigenvalue weighted by Gasteiger charge is -2.27. The molecule has 0 radical (unpaired) electrons. The van der Waals surface area contributed by atoms with Crippen LogP contribution in [-0.4, -0.2) is 12.2 Å². The zero-order valence-corrected chi connectivity index (χ0v) is 6.99. The van der Waals surface area contributed by atoms with Gasteiger partial charge in [0.2, 0.25) is 0 Å². The van der Waals surface area contributed by atoms with E-state index in [4.69, 9.17) is 4.74 Å². The highest BCUT2D eigenvalue weighted by Crippen LogP contribution is 2.36. The molecule has 1 heteroatoms. The summed E-state index contributed by atoms with van der Waals surface area (Å²) in [4.78, 5) is 0. The Balaban J connectivity index is 2.08. The lowest BCUT2D eigenvalue weighted by atomic mass is 9.89. The summed E-state index contributed by atoms with van der Waals surface area (Å²) in [6, 6.07) is 0. The van der Waals surface area contributed by atoms with Crippen molar-refractivity contribution in [1.29, 1.82) is 0 Å². The second kappa shape index (κ2) is 2.33. The van der Waals surface area contributed by atoms with Crippen LogP contribution in [-0.2, 0) is 4.74 Å². The minimum atomic E-state index is 0.278. The van der Waals surface area contributed by atoms with E-state index in [-0.39, 0.29) is 12.2 Å². The van der Waals surface area contributed by atoms with Crippen molar-refractivity contribution in [2.24, 2.45) is 0 Å². The van der Waals surface area contributed by atoms with Crippen LogP contribution in [0.25, 0.3) is 0 Å². The highest BCUT2D eigenvalue weighted by Gasteiger charge is 2.29. The number of hydrogen-bond acceptors (Lipinski definition) is 1. The molecular formula is C11H12O. The predicted molar refractivity (Wildman–Crippen MR) is 47.8 cm³/mol. The Morgan fingerprint density at radius 1 is 1.33 bits per heavy atom. The first kappa shape index (κ1) is 6.67. The zero-order chi connectivity index (χ0) is 7.97. The Hall–Kier alpha value is -0.820. The van der Waals surface area contributed by atoms with Crippen LogP contribution in [0.4, 0.5) is 0 Å². The van der Waals surface area contributed by atoms with Gasteiger partial charge in [0.25, 0.3) is 0 Å². The first-order valence-electron chi connectivity index (χ1n) is 4.68. The number of ether oxygens (including phenoxy) is 1. The monoisotopic (exact) mass is 160 g/mol. The van der Waals surface area contributed by atoms with Crippen molar-refractivity contribution in [1.82, 2.24) is 0 Å². The summed E-state index contributed by atoms with van der Waals surface area (Å²) in [5.41, 5.74) is 2.97. The van der Waals surface area contributed by atoms with Gasteiger partial charge in [-0.2, -0.15) is 0 Å². The third-order valence-corrected chi connectivity index (χ3v) is 2.84. The molecule has 0 amide bonds. The van der Waals surface area contributed by atoms with Gasteiger partial charge in [0, 0.05) is 0 Å². The van der Waals surface area contributed by atoms with Gasteiger partial charge in [-0.1, -0.05) is 18.2 Å². The smallest absolute Gasteiger partial charge is 0.102 e. The van der Waals surface area contributed by atoms with E-state index in [0.717, 1.165) is 0 Å². The molecule has 0 saturated heterocycles. The van der Waals surface area contributed by atoms with Gasteiger partial charge in [0.05, 0.1) is 6.10 Å². The summed E-state index contributed by atoms with van der Waals surface area (Å²) < 4.78 is 5.71. The second-order valence-electron chi connectivity index (χ2n) is 3.65. The lowest BCUT2D eigenvalue weighted by Crippen LogP contribution is -2.21. The van der Waals surface area contributed by atoms with Crippen molar-refractivity contribution in [3.63, 3.8) is 0 Å². The fraction of sp³-hybridized carbons (Fsp3) is 0.455. The van der Waals surface area contributed by atoms with Gasteiger partial charge in [-0.05, 0) is 36.5 Å². The first-order chi connectivity index (χ1) is 5.93. The Morgan fingerprint density at radius 2 is 2.33 bits per heavy atom. The molecule has 0 aromatic carbocycles. The Morgan fingerprint density at radius 3 is 3.33 bits per heavy atom. The molecule has 12 heavy (non-hydrogen) atoms. The van der Waals surface area contributed by atoms with Gasteiger partial charge >= 0.3 is 0 Å². The van der Waals surface area contributed by atoms with Gasteiger partial charge in [-0.25, -0.2) is 0 Å². The second-order valence-corrected chi connectivity index (χ2v) is 3.65. The predicted octanol–water partition coefficient (Wildman–Crippen LogP) is 2.36. The summed E-state index contributed by atoms with van der Waals surface area (Å²) >= 11 is 0. The van der Waals surface area contributed by atoms with Crippen LogP contribution in [0.15, 0.2) is 35.5 Å². The molecule has 2 unspecified atom stereocenters. The SMILES string of the molecule is C1=CC2OC1C=C1CCCC=C12. The largest absolute Gasteiger partial charge is 0.358 e. The first-order valence-corrected chi connectivity index (χ1v) is 4.68. The highest BCUT2D eigenvalue weighted by atomic mass is 16.5. The number of allylic oxidation sites excluding steroid dienone is 1. The molecule has 1 nitrogen and oxygen atoms in total. The van der Waals surface area contributed by atoms with E-state index in [9.17, 15) is 0 Å². The molecule has 0 aromatic rings. The number of rotatable bonds is 0. The van der Waals surface area contributed by atoms with Crippen LogP contribution in [0.5, 0.6) is 0 Å². The van der Waals surface area contributed by atoms with E-state index in [1.54, 1.807) is 0 Å². The highest BCUT2D eigenvalue weighted by molar-refractivity contribution is 5.45. The molecule has 1 aliphatic carbocycles. The molecule has 2 bridgehead atoms. The maximum Gasteiger partial charge on any atom is 0.102 e. The van der Waals surface area contributed by atoms with E-state index in [2.05, 4.69) is 24.3 Å². The minimum absolute atomic E-state index is 0.278. The van der Waals surface area contributed by atoms with E-state index in [1.165, 1.54) is 30.4 Å². The average Bonchev–Trinajstić information content (AvgIpc) is 2.49. The van der Waals surface area contributed by atoms with E-state index in [0.29, 0.717) is 0 Å². The standard InChI is InChI=1S/C11H12O/c1-2-4-10-8(3-1)7-9-5-6-11(10)12-9/h4-7,9,11H,1-3H2. The van der Waals surface area contributed by atoms with Crippen LogP contribution in [0, 0.1) is 0 Å². The fourth-order valence-electron chi connectivity index (χ4n) is 2.24. The average molecular weight is 160 g/mol. The van der Waals surface area contributed by atoms with Crippen molar-refractivity contribution in [3.8, 4) is 0 Å². The summed E-state index contributed by atoms with van der Waals surface area (Å²) in [6.45, 7) is 0. The van der Waals surface area contributed by atoms with Crippen molar-refractivity contribution < 1.29 is 4.74 Å². The lowest BCUT2D eigenvalue weighted by molar-refractivity contribution is 0.101. The van der Waals surface area contributed by atoms with E-state index in [1.807, 2.05) is 0 Å². The van der Waals surface area contributed by atoms with Crippen molar-refractivity contribution in [2.75, 3.05) is 0 Å². The van der Waals surface area contributed by atoms with Gasteiger partial charge in [-0.15, -0.1) is 0 Å². The third kappa shape index (κ3) is 0.831. The van der Waals surface area contributed by atoms with Gasteiger partial charge in [0.15, 0.2) is 0 Å². The topological polar surface area (TPSA) is 9.23 Å². The minimum Gasteiger partial charge on any atom is -0.358 e. The molecule has 2 atom stereocenters. The molecule has 3 aliphatic rings. The number of hydrogen-bond donors (Lipinski definition) is 0. The number of fused-ring (bicyclic) bond motifs is 4. The molecule has 0 saturated carbocycles. The molecule has 0 fully saturated rings. The normalized spacial score (nSPS) is 37.3. The van der Waals surface area contributed by atoms with Crippen LogP contribution in [0.3, 0.4) is 0 Å². The van der Waals surface area contributed by atoms with Crippen molar-refractivity contribution in [2.45, 2.75) is 31.5 Å². The van der Waals surface area contributed by atoms with Crippen LogP contribution >= 0.6 is 0 Å². The maximum absolute atomic E-state index is 5.71. The summed E-state index contributed by atoms with van der Waals surface area (Å²) in [6.07, 6.45) is 13.3. The molecule has 0 N–H and O–H groups in total. The molecule has 0 aromatic heterocycles. The zero-order valence-electron chi connectivity index (χ0n) is 6.99. The van der Waals surface area contributed by atoms with Crippen molar-refractivity contribution in [3.05, 3.63) is 35.5 Å². The molecule has 3 rings (SSSR count). The maximum atomic E-state index is 5.71. The summed E-state index contributed by atoms with van der Waals surface area (Å²) in [5.74, 6) is 0. The Bertz CT molecular complexity index is 296. The van der Waals surface area contributed by atoms with Gasteiger partial charge in [0.1, 0.15) is 6.10 Å². The van der Waals surface area contributed by atoms with Crippen molar-refractivity contribution >= 4 is 0 Å². The van der Waals surface area contributed by atoms with Crippen LogP contribution in [0.1, 0.15) is 19.3 Å². The van der Waals surface area contributed by atoms with E-state index >= 15 is 0 Å². The molecular weight excluding hydrogens is 148 g/mol. The summed E-state index contributed by atoms with van der Waals surface area (Å²) in [7, 11) is 0. The molecule has 62 valence electrons. The Labute approximate surface area is 72.4 Å². The quantitative estimate of drug-likeness (QED) is 0.494. The van der Waals surface area contributed by atoms with Crippen LogP contribution in [0.2, 0.25) is 0 Å². The molecule has 2 heterocycles. The van der Waals surface area contributed by atoms with E-state index < -0.39 is 0 Å². The third-order valence-electron chi connectivity index (χ3n) is 2.84. The fourth-order valence-corrected chi connectivity index (χ4v) is 2.24. The Kier molecular flexibility index (Phi) is 1.30. The molecule has 2 aliphatic heterocycles. The summed E-state index contributed by atoms with van der Waals surface area (Å²) in [5, 5.41) is 0.